The number of benzene rings is 2. The van der Waals surface area contributed by atoms with Gasteiger partial charge in [0.05, 0.1) is 11.8 Å². The number of fused-ring (bicyclic) bond motifs is 1. The number of nitrogens with one attached hydrogen (secondary N) is 1. The molecule has 1 heterocycles. The molecule has 1 aromatic heterocycles. The van der Waals surface area contributed by atoms with Gasteiger partial charge >= 0.3 is 0 Å². The van der Waals surface area contributed by atoms with Crippen molar-refractivity contribution in [2.45, 2.75) is 6.92 Å². The molecule has 0 aliphatic rings. The van der Waals surface area contributed by atoms with Gasteiger partial charge in [0.1, 0.15) is 5.82 Å². The first-order chi connectivity index (χ1) is 11.2. The predicted molar refractivity (Wildman–Crippen MR) is 97.0 cm³/mol. The lowest BCUT2D eigenvalue weighted by Gasteiger charge is -2.12. The molecule has 0 atom stereocenters. The molecular formula is C16H17N5O2S. The van der Waals surface area contributed by atoms with Gasteiger partial charge in [-0.1, -0.05) is 18.2 Å². The Morgan fingerprint density at radius 3 is 2.54 bits per heavy atom. The fourth-order valence-corrected chi connectivity index (χ4v) is 3.27. The molecule has 7 nitrogen and oxygen atoms in total. The van der Waals surface area contributed by atoms with Crippen molar-refractivity contribution in [2.75, 3.05) is 22.4 Å². The molecular weight excluding hydrogens is 326 g/mol. The first-order valence-electron chi connectivity index (χ1n) is 7.15. The summed E-state index contributed by atoms with van der Waals surface area (Å²) in [4.78, 5) is 8.21. The van der Waals surface area contributed by atoms with Crippen molar-refractivity contribution < 1.29 is 8.42 Å². The van der Waals surface area contributed by atoms with Gasteiger partial charge in [-0.2, -0.15) is 4.98 Å². The highest BCUT2D eigenvalue weighted by Gasteiger charge is 2.12. The van der Waals surface area contributed by atoms with Crippen LogP contribution in [0.1, 0.15) is 5.56 Å². The van der Waals surface area contributed by atoms with Gasteiger partial charge in [-0.25, -0.2) is 13.4 Å². The van der Waals surface area contributed by atoms with E-state index in [0.29, 0.717) is 17.0 Å². The second kappa shape index (κ2) is 5.64. The van der Waals surface area contributed by atoms with Crippen molar-refractivity contribution >= 4 is 38.4 Å². The van der Waals surface area contributed by atoms with E-state index in [2.05, 4.69) is 14.7 Å². The van der Waals surface area contributed by atoms with Gasteiger partial charge in [0.2, 0.25) is 16.0 Å². The summed E-state index contributed by atoms with van der Waals surface area (Å²) in [6, 6.07) is 10.9. The molecule has 0 bridgehead atoms. The van der Waals surface area contributed by atoms with Crippen LogP contribution in [0.15, 0.2) is 36.4 Å². The third-order valence-corrected chi connectivity index (χ3v) is 4.25. The van der Waals surface area contributed by atoms with Crippen molar-refractivity contribution in [3.63, 3.8) is 0 Å². The van der Waals surface area contributed by atoms with Gasteiger partial charge < -0.3 is 11.5 Å². The Labute approximate surface area is 139 Å². The number of sulfonamides is 1. The molecule has 2 aromatic carbocycles. The van der Waals surface area contributed by atoms with Crippen LogP contribution in [0.5, 0.6) is 0 Å². The molecule has 0 spiro atoms. The summed E-state index contributed by atoms with van der Waals surface area (Å²) in [6.07, 6.45) is 1.11. The molecule has 0 saturated carbocycles. The minimum absolute atomic E-state index is 0.131. The van der Waals surface area contributed by atoms with Gasteiger partial charge in [0, 0.05) is 11.1 Å². The monoisotopic (exact) mass is 343 g/mol. The molecule has 3 rings (SSSR count). The number of aromatic nitrogens is 2. The zero-order valence-electron chi connectivity index (χ0n) is 13.2. The largest absolute Gasteiger partial charge is 0.383 e. The summed E-state index contributed by atoms with van der Waals surface area (Å²) < 4.78 is 25.3. The molecule has 0 saturated heterocycles. The zero-order chi connectivity index (χ0) is 17.5. The molecule has 0 aliphatic carbocycles. The molecule has 8 heteroatoms. The fourth-order valence-electron chi connectivity index (χ4n) is 2.72. The molecule has 0 aliphatic heterocycles. The number of nitrogens with zero attached hydrogens (tertiary/aromatic N) is 2. The third kappa shape index (κ3) is 3.09. The maximum absolute atomic E-state index is 11.4. The lowest BCUT2D eigenvalue weighted by molar-refractivity contribution is 0.607. The number of rotatable bonds is 3. The van der Waals surface area contributed by atoms with Gasteiger partial charge in [0.25, 0.3) is 0 Å². The summed E-state index contributed by atoms with van der Waals surface area (Å²) in [5, 5.41) is 0.739. The predicted octanol–water partition coefficient (Wildman–Crippen LogP) is 2.14. The SMILES string of the molecule is Cc1c(-c2cccc(NS(C)(=O)=O)c2)ccc2nc(N)nc(N)c12. The molecule has 124 valence electrons. The van der Waals surface area contributed by atoms with Gasteiger partial charge in [-0.05, 0) is 41.8 Å². The van der Waals surface area contributed by atoms with Gasteiger partial charge in [-0.3, -0.25) is 4.72 Å². The van der Waals surface area contributed by atoms with E-state index in [1.54, 1.807) is 18.2 Å². The minimum Gasteiger partial charge on any atom is -0.383 e. The van der Waals surface area contributed by atoms with Crippen LogP contribution in [-0.2, 0) is 10.0 Å². The molecule has 0 unspecified atom stereocenters. The van der Waals surface area contributed by atoms with Crippen molar-refractivity contribution in [1.29, 1.82) is 0 Å². The quantitative estimate of drug-likeness (QED) is 0.669. The van der Waals surface area contributed by atoms with Crippen LogP contribution < -0.4 is 16.2 Å². The summed E-state index contributed by atoms with van der Waals surface area (Å²) in [5.74, 6) is 0.453. The third-order valence-electron chi connectivity index (χ3n) is 3.65. The highest BCUT2D eigenvalue weighted by atomic mass is 32.2. The smallest absolute Gasteiger partial charge is 0.229 e. The Morgan fingerprint density at radius 2 is 1.83 bits per heavy atom. The molecule has 0 radical (unpaired) electrons. The standard InChI is InChI=1S/C16H17N5O2S/c1-9-12(6-7-13-14(9)15(17)20-16(18)19-13)10-4-3-5-11(8-10)21-24(2,22)23/h3-8,21H,1-2H3,(H4,17,18,19,20). The van der Waals surface area contributed by atoms with E-state index in [0.717, 1.165) is 28.3 Å². The molecule has 5 N–H and O–H groups in total. The molecule has 0 amide bonds. The van der Waals surface area contributed by atoms with E-state index in [1.165, 1.54) is 0 Å². The van der Waals surface area contributed by atoms with Crippen LogP contribution in [0.2, 0.25) is 0 Å². The summed E-state index contributed by atoms with van der Waals surface area (Å²) in [6.45, 7) is 1.92. The number of aryl methyl sites for hydroxylation is 1. The average Bonchev–Trinajstić information content (AvgIpc) is 2.45. The van der Waals surface area contributed by atoms with E-state index >= 15 is 0 Å². The summed E-state index contributed by atoms with van der Waals surface area (Å²) in [5.41, 5.74) is 15.5. The number of anilines is 3. The second-order valence-corrected chi connectivity index (χ2v) is 7.30. The Morgan fingerprint density at radius 1 is 1.08 bits per heavy atom. The van der Waals surface area contributed by atoms with E-state index < -0.39 is 10.0 Å². The van der Waals surface area contributed by atoms with Crippen molar-refractivity contribution in [2.24, 2.45) is 0 Å². The molecule has 3 aromatic rings. The van der Waals surface area contributed by atoms with E-state index in [-0.39, 0.29) is 5.95 Å². The first-order valence-corrected chi connectivity index (χ1v) is 9.04. The van der Waals surface area contributed by atoms with Crippen molar-refractivity contribution in [3.8, 4) is 11.1 Å². The normalized spacial score (nSPS) is 11.6. The highest BCUT2D eigenvalue weighted by molar-refractivity contribution is 7.92. The maximum atomic E-state index is 11.4. The number of hydrogen-bond acceptors (Lipinski definition) is 6. The molecule has 0 fully saturated rings. The lowest BCUT2D eigenvalue weighted by Crippen LogP contribution is -2.09. The van der Waals surface area contributed by atoms with Crippen LogP contribution in [0.4, 0.5) is 17.5 Å². The van der Waals surface area contributed by atoms with Gasteiger partial charge in [0.15, 0.2) is 0 Å². The Balaban J connectivity index is 2.17. The van der Waals surface area contributed by atoms with E-state index in [1.807, 2.05) is 25.1 Å². The maximum Gasteiger partial charge on any atom is 0.229 e. The van der Waals surface area contributed by atoms with Crippen LogP contribution in [-0.4, -0.2) is 24.6 Å². The number of hydrogen-bond donors (Lipinski definition) is 3. The zero-order valence-corrected chi connectivity index (χ0v) is 14.1. The van der Waals surface area contributed by atoms with Crippen LogP contribution in [0.25, 0.3) is 22.0 Å². The summed E-state index contributed by atoms with van der Waals surface area (Å²) in [7, 11) is -3.34. The second-order valence-electron chi connectivity index (χ2n) is 5.55. The lowest BCUT2D eigenvalue weighted by atomic mass is 9.97. The molecule has 24 heavy (non-hydrogen) atoms. The van der Waals surface area contributed by atoms with Crippen molar-refractivity contribution in [3.05, 3.63) is 42.0 Å². The van der Waals surface area contributed by atoms with E-state index in [9.17, 15) is 8.42 Å². The Kier molecular flexibility index (Phi) is 3.76. The van der Waals surface area contributed by atoms with Gasteiger partial charge in [-0.15, -0.1) is 0 Å². The average molecular weight is 343 g/mol. The van der Waals surface area contributed by atoms with E-state index in [4.69, 9.17) is 11.5 Å². The topological polar surface area (TPSA) is 124 Å². The fraction of sp³-hybridized carbons (Fsp3) is 0.125. The number of nitrogens with two attached hydrogens (primary N) is 2. The summed E-state index contributed by atoms with van der Waals surface area (Å²) >= 11 is 0. The minimum atomic E-state index is -3.34. The Hall–Kier alpha value is -2.87. The van der Waals surface area contributed by atoms with Crippen LogP contribution in [0, 0.1) is 6.92 Å². The van der Waals surface area contributed by atoms with Crippen molar-refractivity contribution in [1.82, 2.24) is 9.97 Å². The van der Waals surface area contributed by atoms with Crippen LogP contribution >= 0.6 is 0 Å². The van der Waals surface area contributed by atoms with Crippen LogP contribution in [0.3, 0.4) is 0 Å². The number of nitrogen functional groups attached to an aromatic ring is 2. The first kappa shape index (κ1) is 16.0. The highest BCUT2D eigenvalue weighted by Crippen LogP contribution is 2.32. The Bertz CT molecular complexity index is 1050.